The third-order valence-electron chi connectivity index (χ3n) is 5.37. The number of fused-ring (bicyclic) bond motifs is 2. The lowest BCUT2D eigenvalue weighted by Crippen LogP contribution is -2.31. The molecule has 0 saturated heterocycles. The summed E-state index contributed by atoms with van der Waals surface area (Å²) in [6.07, 6.45) is 5.66. The second kappa shape index (κ2) is 4.01. The molecular weight excluding hydrogens is 238 g/mol. The Balaban J connectivity index is 1.55. The number of nitrogens with two attached hydrogens (primary N) is 1. The van der Waals surface area contributed by atoms with Crippen molar-refractivity contribution in [1.29, 1.82) is 0 Å². The van der Waals surface area contributed by atoms with Gasteiger partial charge in [0.25, 0.3) is 0 Å². The highest BCUT2D eigenvalue weighted by Gasteiger charge is 2.53. The van der Waals surface area contributed by atoms with Crippen molar-refractivity contribution in [1.82, 2.24) is 0 Å². The number of hydrogen-bond donors (Lipinski definition) is 1. The Labute approximate surface area is 114 Å². The lowest BCUT2D eigenvalue weighted by atomic mass is 9.74. The van der Waals surface area contributed by atoms with Gasteiger partial charge in [0.05, 0.1) is 0 Å². The minimum absolute atomic E-state index is 0.482. The van der Waals surface area contributed by atoms with Crippen LogP contribution in [0.2, 0.25) is 0 Å². The van der Waals surface area contributed by atoms with E-state index in [1.165, 1.54) is 36.3 Å². The largest absolute Gasteiger partial charge is 0.330 e. The molecule has 0 spiro atoms. The highest BCUT2D eigenvalue weighted by atomic mass is 32.2. The van der Waals surface area contributed by atoms with Crippen molar-refractivity contribution in [3.05, 3.63) is 29.8 Å². The quantitative estimate of drug-likeness (QED) is 0.897. The zero-order valence-corrected chi connectivity index (χ0v) is 11.6. The Morgan fingerprint density at radius 1 is 1.22 bits per heavy atom. The van der Waals surface area contributed by atoms with Gasteiger partial charge in [0, 0.05) is 10.6 Å². The van der Waals surface area contributed by atoms with Gasteiger partial charge < -0.3 is 5.73 Å². The molecule has 4 rings (SSSR count). The van der Waals surface area contributed by atoms with Crippen molar-refractivity contribution in [3.8, 4) is 0 Å². The molecule has 2 heteroatoms. The smallest absolute Gasteiger partial charge is 0.0107 e. The average Bonchev–Trinajstić information content (AvgIpc) is 2.86. The van der Waals surface area contributed by atoms with Crippen molar-refractivity contribution in [2.45, 2.75) is 36.5 Å². The van der Waals surface area contributed by atoms with Crippen LogP contribution in [-0.4, -0.2) is 12.3 Å². The molecule has 3 atom stereocenters. The molecule has 0 radical (unpaired) electrons. The second-order valence-electron chi connectivity index (χ2n) is 6.62. The van der Waals surface area contributed by atoms with Crippen molar-refractivity contribution < 1.29 is 0 Å². The summed E-state index contributed by atoms with van der Waals surface area (Å²) in [5.41, 5.74) is 8.22. The van der Waals surface area contributed by atoms with Crippen molar-refractivity contribution in [2.75, 3.05) is 12.3 Å². The summed E-state index contributed by atoms with van der Waals surface area (Å²) in [6.45, 7) is 0.906. The first-order chi connectivity index (χ1) is 8.80. The van der Waals surface area contributed by atoms with Gasteiger partial charge in [0.15, 0.2) is 0 Å². The van der Waals surface area contributed by atoms with Crippen LogP contribution >= 0.6 is 11.8 Å². The summed E-state index contributed by atoms with van der Waals surface area (Å²) in [5, 5.41) is 0. The van der Waals surface area contributed by atoms with Crippen LogP contribution in [0.5, 0.6) is 0 Å². The van der Waals surface area contributed by atoms with E-state index in [0.717, 1.165) is 24.3 Å². The molecule has 2 N–H and O–H groups in total. The predicted octanol–water partition coefficient (Wildman–Crippen LogP) is 3.64. The van der Waals surface area contributed by atoms with Crippen LogP contribution in [0.25, 0.3) is 0 Å². The molecule has 1 aliphatic heterocycles. The minimum atomic E-state index is 0.482. The van der Waals surface area contributed by atoms with Gasteiger partial charge in [-0.05, 0) is 67.0 Å². The summed E-state index contributed by atoms with van der Waals surface area (Å²) < 4.78 is 0. The van der Waals surface area contributed by atoms with E-state index in [-0.39, 0.29) is 0 Å². The molecule has 1 nitrogen and oxygen atoms in total. The summed E-state index contributed by atoms with van der Waals surface area (Å²) in [7, 11) is 0. The molecule has 3 aliphatic rings. The van der Waals surface area contributed by atoms with Gasteiger partial charge in [-0.1, -0.05) is 18.2 Å². The lowest BCUT2D eigenvalue weighted by molar-refractivity contribution is 0.237. The summed E-state index contributed by atoms with van der Waals surface area (Å²) in [5.74, 6) is 4.11. The Hall–Kier alpha value is -0.470. The normalized spacial score (nSPS) is 40.6. The molecule has 2 saturated carbocycles. The maximum Gasteiger partial charge on any atom is 0.0107 e. The van der Waals surface area contributed by atoms with E-state index < -0.39 is 0 Å². The topological polar surface area (TPSA) is 26.0 Å². The van der Waals surface area contributed by atoms with E-state index in [2.05, 4.69) is 24.3 Å². The Morgan fingerprint density at radius 3 is 2.78 bits per heavy atom. The third-order valence-corrected chi connectivity index (χ3v) is 6.62. The van der Waals surface area contributed by atoms with Crippen LogP contribution in [-0.2, 0) is 0 Å². The molecule has 0 aromatic heterocycles. The van der Waals surface area contributed by atoms with E-state index in [4.69, 9.17) is 5.73 Å². The van der Waals surface area contributed by atoms with Gasteiger partial charge in [0.2, 0.25) is 0 Å². The van der Waals surface area contributed by atoms with Gasteiger partial charge >= 0.3 is 0 Å². The van der Waals surface area contributed by atoms with Crippen LogP contribution in [0, 0.1) is 17.3 Å². The Bertz CT molecular complexity index is 460. The van der Waals surface area contributed by atoms with Crippen molar-refractivity contribution >= 4 is 11.8 Å². The fourth-order valence-electron chi connectivity index (χ4n) is 4.34. The summed E-state index contributed by atoms with van der Waals surface area (Å²) in [6, 6.07) is 8.97. The fourth-order valence-corrected chi connectivity index (χ4v) is 5.60. The zero-order chi connectivity index (χ0) is 12.2. The van der Waals surface area contributed by atoms with Crippen LogP contribution in [0.4, 0.5) is 0 Å². The maximum absolute atomic E-state index is 6.14. The number of benzene rings is 1. The van der Waals surface area contributed by atoms with Crippen LogP contribution in [0.15, 0.2) is 29.2 Å². The molecule has 0 bridgehead atoms. The molecule has 3 unspecified atom stereocenters. The molecule has 0 amide bonds. The van der Waals surface area contributed by atoms with Crippen molar-refractivity contribution in [2.24, 2.45) is 23.0 Å². The fraction of sp³-hybridized carbons (Fsp3) is 0.625. The first-order valence-electron chi connectivity index (χ1n) is 7.21. The monoisotopic (exact) mass is 259 g/mol. The molecular formula is C16H21NS. The zero-order valence-electron chi connectivity index (χ0n) is 10.8. The molecule has 2 fully saturated rings. The maximum atomic E-state index is 6.14. The molecule has 2 aliphatic carbocycles. The van der Waals surface area contributed by atoms with Gasteiger partial charge in [-0.2, -0.15) is 0 Å². The van der Waals surface area contributed by atoms with Crippen LogP contribution < -0.4 is 5.73 Å². The van der Waals surface area contributed by atoms with Gasteiger partial charge in [-0.3, -0.25) is 0 Å². The molecule has 1 aromatic carbocycles. The lowest BCUT2D eigenvalue weighted by Gasteiger charge is -2.32. The van der Waals surface area contributed by atoms with Crippen LogP contribution in [0.1, 0.15) is 37.2 Å². The highest BCUT2D eigenvalue weighted by Crippen LogP contribution is 2.62. The highest BCUT2D eigenvalue weighted by molar-refractivity contribution is 7.99. The molecule has 18 heavy (non-hydrogen) atoms. The van der Waals surface area contributed by atoms with Gasteiger partial charge in [-0.25, -0.2) is 0 Å². The van der Waals surface area contributed by atoms with E-state index in [0.29, 0.717) is 5.41 Å². The average molecular weight is 259 g/mol. The summed E-state index contributed by atoms with van der Waals surface area (Å²) >= 11 is 2.04. The predicted molar refractivity (Wildman–Crippen MR) is 76.8 cm³/mol. The molecule has 1 heterocycles. The summed E-state index contributed by atoms with van der Waals surface area (Å²) in [4.78, 5) is 1.51. The van der Waals surface area contributed by atoms with E-state index in [1.807, 2.05) is 11.8 Å². The number of thioether (sulfide) groups is 1. The third kappa shape index (κ3) is 1.73. The number of rotatable bonds is 3. The molecule has 96 valence electrons. The number of hydrogen-bond acceptors (Lipinski definition) is 2. The Morgan fingerprint density at radius 2 is 2.00 bits per heavy atom. The first kappa shape index (κ1) is 11.4. The van der Waals surface area contributed by atoms with Crippen molar-refractivity contribution in [3.63, 3.8) is 0 Å². The SMILES string of the molecule is NCC1(CC2CSc3ccccc32)CC2CC2C1. The first-order valence-corrected chi connectivity index (χ1v) is 8.20. The van der Waals surface area contributed by atoms with Gasteiger partial charge in [0.1, 0.15) is 0 Å². The van der Waals surface area contributed by atoms with E-state index in [9.17, 15) is 0 Å². The minimum Gasteiger partial charge on any atom is -0.330 e. The van der Waals surface area contributed by atoms with Crippen LogP contribution in [0.3, 0.4) is 0 Å². The molecule has 1 aromatic rings. The Kier molecular flexibility index (Phi) is 2.53. The van der Waals surface area contributed by atoms with E-state index >= 15 is 0 Å². The standard InChI is InChI=1S/C16H21NS/c17-10-16(6-11-5-12(11)7-16)8-13-9-18-15-4-2-1-3-14(13)15/h1-4,11-13H,5-10,17H2. The van der Waals surface area contributed by atoms with Gasteiger partial charge in [-0.15, -0.1) is 11.8 Å². The second-order valence-corrected chi connectivity index (χ2v) is 7.68. The van der Waals surface area contributed by atoms with E-state index in [1.54, 1.807) is 5.56 Å².